The summed E-state index contributed by atoms with van der Waals surface area (Å²) in [6.45, 7) is 3.57. The average molecular weight is 349 g/mol. The Labute approximate surface area is 110 Å². The van der Waals surface area contributed by atoms with E-state index in [9.17, 15) is 0 Å². The van der Waals surface area contributed by atoms with E-state index in [4.69, 9.17) is 4.42 Å². The molecule has 2 heterocycles. The normalized spacial score (nSPS) is 10.7. The van der Waals surface area contributed by atoms with E-state index in [1.54, 1.807) is 6.20 Å². The second kappa shape index (κ2) is 5.05. The van der Waals surface area contributed by atoms with E-state index < -0.39 is 0 Å². The zero-order chi connectivity index (χ0) is 11.5. The molecule has 0 bridgehead atoms. The number of halogens is 2. The van der Waals surface area contributed by atoms with Crippen molar-refractivity contribution in [3.63, 3.8) is 0 Å². The van der Waals surface area contributed by atoms with Gasteiger partial charge in [0.25, 0.3) is 0 Å². The molecule has 0 aliphatic rings. The Hall–Kier alpha value is -0.750. The van der Waals surface area contributed by atoms with Gasteiger partial charge in [-0.05, 0) is 44.8 Å². The minimum absolute atomic E-state index is 0.638. The Morgan fingerprint density at radius 3 is 2.88 bits per heavy atom. The topological polar surface area (TPSA) is 43.0 Å². The van der Waals surface area contributed by atoms with Crippen molar-refractivity contribution < 1.29 is 4.42 Å². The second-order valence-electron chi connectivity index (χ2n) is 3.27. The highest BCUT2D eigenvalue weighted by atomic mass is 79.9. The van der Waals surface area contributed by atoms with E-state index in [1.807, 2.05) is 16.9 Å². The molecule has 0 spiro atoms. The highest BCUT2D eigenvalue weighted by Gasteiger charge is 2.06. The first-order valence-corrected chi connectivity index (χ1v) is 6.47. The van der Waals surface area contributed by atoms with E-state index in [0.717, 1.165) is 22.5 Å². The number of nitrogens with one attached hydrogen (secondary N) is 1. The SMILES string of the molecule is CCn1cc(NCc2cc(Br)c(Br)o2)cn1. The minimum Gasteiger partial charge on any atom is -0.451 e. The van der Waals surface area contributed by atoms with E-state index in [1.165, 1.54) is 0 Å². The zero-order valence-corrected chi connectivity index (χ0v) is 11.9. The van der Waals surface area contributed by atoms with Crippen LogP contribution in [0.5, 0.6) is 0 Å². The molecule has 0 aromatic carbocycles. The number of aromatic nitrogens is 2. The summed E-state index contributed by atoms with van der Waals surface area (Å²) in [5, 5.41) is 7.41. The molecule has 2 aromatic heterocycles. The molecule has 4 nitrogen and oxygen atoms in total. The fourth-order valence-corrected chi connectivity index (χ4v) is 1.95. The van der Waals surface area contributed by atoms with Gasteiger partial charge in [-0.3, -0.25) is 4.68 Å². The number of furan rings is 1. The summed E-state index contributed by atoms with van der Waals surface area (Å²) in [5.74, 6) is 0.864. The molecule has 86 valence electrons. The third kappa shape index (κ3) is 2.68. The molecule has 1 N–H and O–H groups in total. The molecule has 2 rings (SSSR count). The van der Waals surface area contributed by atoms with Gasteiger partial charge < -0.3 is 9.73 Å². The summed E-state index contributed by atoms with van der Waals surface area (Å²) in [6, 6.07) is 1.93. The molecule has 0 unspecified atom stereocenters. The maximum Gasteiger partial charge on any atom is 0.183 e. The summed E-state index contributed by atoms with van der Waals surface area (Å²) >= 11 is 6.67. The summed E-state index contributed by atoms with van der Waals surface area (Å²) in [6.07, 6.45) is 3.77. The van der Waals surface area contributed by atoms with Crippen LogP contribution in [-0.4, -0.2) is 9.78 Å². The van der Waals surface area contributed by atoms with Crippen LogP contribution in [0.15, 0.2) is 32.0 Å². The molecule has 0 saturated heterocycles. The maximum atomic E-state index is 5.45. The van der Waals surface area contributed by atoms with Gasteiger partial charge in [0.15, 0.2) is 4.67 Å². The predicted octanol–water partition coefficient (Wildman–Crippen LogP) is 3.63. The van der Waals surface area contributed by atoms with Crippen LogP contribution in [-0.2, 0) is 13.1 Å². The first-order valence-electron chi connectivity index (χ1n) is 4.89. The van der Waals surface area contributed by atoms with Crippen LogP contribution in [0.3, 0.4) is 0 Å². The van der Waals surface area contributed by atoms with Gasteiger partial charge in [-0.1, -0.05) is 0 Å². The minimum atomic E-state index is 0.638. The first kappa shape index (κ1) is 11.7. The van der Waals surface area contributed by atoms with E-state index in [2.05, 4.69) is 49.2 Å². The summed E-state index contributed by atoms with van der Waals surface area (Å²) in [4.78, 5) is 0. The number of hydrogen-bond acceptors (Lipinski definition) is 3. The molecule has 0 saturated carbocycles. The van der Waals surface area contributed by atoms with Crippen molar-refractivity contribution in [1.29, 1.82) is 0 Å². The quantitative estimate of drug-likeness (QED) is 0.917. The number of anilines is 1. The van der Waals surface area contributed by atoms with Crippen LogP contribution >= 0.6 is 31.9 Å². The fraction of sp³-hybridized carbons (Fsp3) is 0.300. The van der Waals surface area contributed by atoms with Gasteiger partial charge in [-0.15, -0.1) is 0 Å². The van der Waals surface area contributed by atoms with E-state index in [-0.39, 0.29) is 0 Å². The molecule has 0 aliphatic carbocycles. The third-order valence-electron chi connectivity index (χ3n) is 2.12. The van der Waals surface area contributed by atoms with Gasteiger partial charge in [0.1, 0.15) is 5.76 Å². The van der Waals surface area contributed by atoms with Crippen LogP contribution in [0.4, 0.5) is 5.69 Å². The first-order chi connectivity index (χ1) is 7.69. The molecule has 0 fully saturated rings. The predicted molar refractivity (Wildman–Crippen MR) is 69.3 cm³/mol. The van der Waals surface area contributed by atoms with Crippen molar-refractivity contribution >= 4 is 37.5 Å². The Bertz CT molecular complexity index is 459. The molecule has 16 heavy (non-hydrogen) atoms. The summed E-state index contributed by atoms with van der Waals surface area (Å²) < 4.78 is 8.96. The molecule has 0 radical (unpaired) electrons. The smallest absolute Gasteiger partial charge is 0.183 e. The molecular formula is C10H11Br2N3O. The van der Waals surface area contributed by atoms with Crippen molar-refractivity contribution in [1.82, 2.24) is 9.78 Å². The van der Waals surface area contributed by atoms with Crippen LogP contribution in [0.25, 0.3) is 0 Å². The standard InChI is InChI=1S/C10H11Br2N3O/c1-2-15-6-7(4-14-15)13-5-8-3-9(11)10(12)16-8/h3-4,6,13H,2,5H2,1H3. The fourth-order valence-electron chi connectivity index (χ4n) is 1.30. The van der Waals surface area contributed by atoms with E-state index >= 15 is 0 Å². The van der Waals surface area contributed by atoms with Gasteiger partial charge in [0, 0.05) is 12.7 Å². The lowest BCUT2D eigenvalue weighted by Gasteiger charge is -1.99. The Morgan fingerprint density at radius 2 is 2.31 bits per heavy atom. The maximum absolute atomic E-state index is 5.45. The number of nitrogens with zero attached hydrogens (tertiary/aromatic N) is 2. The Balaban J connectivity index is 1.96. The summed E-state index contributed by atoms with van der Waals surface area (Å²) in [7, 11) is 0. The lowest BCUT2D eigenvalue weighted by Crippen LogP contribution is -1.97. The van der Waals surface area contributed by atoms with Crippen molar-refractivity contribution in [2.75, 3.05) is 5.32 Å². The number of rotatable bonds is 4. The highest BCUT2D eigenvalue weighted by Crippen LogP contribution is 2.27. The third-order valence-corrected chi connectivity index (χ3v) is 3.83. The zero-order valence-electron chi connectivity index (χ0n) is 8.70. The van der Waals surface area contributed by atoms with Crippen molar-refractivity contribution in [2.24, 2.45) is 0 Å². The van der Waals surface area contributed by atoms with Crippen LogP contribution < -0.4 is 5.32 Å². The Kier molecular flexibility index (Phi) is 3.70. The Morgan fingerprint density at radius 1 is 1.50 bits per heavy atom. The van der Waals surface area contributed by atoms with Gasteiger partial charge in [0.2, 0.25) is 0 Å². The molecule has 2 aromatic rings. The highest BCUT2D eigenvalue weighted by molar-refractivity contribution is 9.13. The lowest BCUT2D eigenvalue weighted by molar-refractivity contribution is 0.494. The van der Waals surface area contributed by atoms with Crippen LogP contribution in [0, 0.1) is 0 Å². The number of aryl methyl sites for hydroxylation is 1. The van der Waals surface area contributed by atoms with Crippen LogP contribution in [0.2, 0.25) is 0 Å². The second-order valence-corrected chi connectivity index (χ2v) is 4.85. The number of hydrogen-bond donors (Lipinski definition) is 1. The molecule has 6 heteroatoms. The lowest BCUT2D eigenvalue weighted by atomic mass is 10.4. The van der Waals surface area contributed by atoms with Crippen molar-refractivity contribution in [3.05, 3.63) is 33.4 Å². The largest absolute Gasteiger partial charge is 0.451 e. The van der Waals surface area contributed by atoms with Gasteiger partial charge in [0.05, 0.1) is 22.9 Å². The average Bonchev–Trinajstić information content (AvgIpc) is 2.84. The van der Waals surface area contributed by atoms with Gasteiger partial charge in [-0.25, -0.2) is 0 Å². The summed E-state index contributed by atoms with van der Waals surface area (Å²) in [5.41, 5.74) is 0.991. The molecule has 0 atom stereocenters. The monoisotopic (exact) mass is 347 g/mol. The molecular weight excluding hydrogens is 338 g/mol. The van der Waals surface area contributed by atoms with Crippen molar-refractivity contribution in [2.45, 2.75) is 20.0 Å². The van der Waals surface area contributed by atoms with Crippen LogP contribution in [0.1, 0.15) is 12.7 Å². The molecule has 0 aliphatic heterocycles. The van der Waals surface area contributed by atoms with Gasteiger partial charge in [-0.2, -0.15) is 5.10 Å². The van der Waals surface area contributed by atoms with Crippen molar-refractivity contribution in [3.8, 4) is 0 Å². The van der Waals surface area contributed by atoms with Gasteiger partial charge >= 0.3 is 0 Å². The van der Waals surface area contributed by atoms with E-state index in [0.29, 0.717) is 11.2 Å². The molecule has 0 amide bonds.